The quantitative estimate of drug-likeness (QED) is 0.268. The van der Waals surface area contributed by atoms with Crippen molar-refractivity contribution in [3.8, 4) is 0 Å². The Morgan fingerprint density at radius 3 is 2.05 bits per heavy atom. The summed E-state index contributed by atoms with van der Waals surface area (Å²) in [5.41, 5.74) is -1.41. The standard InChI is InChI=1S/C15H23ClO4/c1-5-8-9-10-15(11-12(4)16,13(17)19-6-2)14(18)20-7-3/h5H,1,4,6-11H2,2-3H3. The molecule has 0 bridgehead atoms. The zero-order valence-corrected chi connectivity index (χ0v) is 13.0. The largest absolute Gasteiger partial charge is 0.465 e. The first kappa shape index (κ1) is 18.7. The van der Waals surface area contributed by atoms with Gasteiger partial charge in [-0.3, -0.25) is 9.59 Å². The number of allylic oxidation sites excluding steroid dienone is 2. The molecule has 0 aromatic heterocycles. The van der Waals surface area contributed by atoms with Crippen molar-refractivity contribution in [2.45, 2.75) is 39.5 Å². The minimum absolute atomic E-state index is 0.0172. The van der Waals surface area contributed by atoms with Crippen molar-refractivity contribution in [1.82, 2.24) is 0 Å². The molecular weight excluding hydrogens is 280 g/mol. The summed E-state index contributed by atoms with van der Waals surface area (Å²) in [4.78, 5) is 24.5. The molecular formula is C15H23ClO4. The van der Waals surface area contributed by atoms with Crippen LogP contribution >= 0.6 is 11.6 Å². The summed E-state index contributed by atoms with van der Waals surface area (Å²) < 4.78 is 10.1. The van der Waals surface area contributed by atoms with Crippen LogP contribution in [-0.2, 0) is 19.1 Å². The number of carbonyl (C=O) groups is 2. The maximum atomic E-state index is 12.3. The molecule has 0 fully saturated rings. The van der Waals surface area contributed by atoms with E-state index >= 15 is 0 Å². The molecule has 0 saturated carbocycles. The highest BCUT2D eigenvalue weighted by Crippen LogP contribution is 2.36. The Hall–Kier alpha value is -1.29. The van der Waals surface area contributed by atoms with E-state index < -0.39 is 17.4 Å². The Bertz CT molecular complexity index is 345. The number of carbonyl (C=O) groups excluding carboxylic acids is 2. The predicted molar refractivity (Wildman–Crippen MR) is 79.4 cm³/mol. The number of ether oxygens (including phenoxy) is 2. The molecule has 0 saturated heterocycles. The molecule has 0 rings (SSSR count). The van der Waals surface area contributed by atoms with Crippen LogP contribution in [0.5, 0.6) is 0 Å². The highest BCUT2D eigenvalue weighted by atomic mass is 35.5. The molecule has 0 amide bonds. The molecule has 5 heteroatoms. The summed E-state index contributed by atoms with van der Waals surface area (Å²) in [6, 6.07) is 0. The lowest BCUT2D eigenvalue weighted by molar-refractivity contribution is -0.172. The third kappa shape index (κ3) is 5.37. The fourth-order valence-electron chi connectivity index (χ4n) is 1.93. The molecule has 0 N–H and O–H groups in total. The molecule has 0 aromatic carbocycles. The Morgan fingerprint density at radius 2 is 1.70 bits per heavy atom. The van der Waals surface area contributed by atoms with Crippen LogP contribution in [0.15, 0.2) is 24.3 Å². The van der Waals surface area contributed by atoms with E-state index in [2.05, 4.69) is 13.2 Å². The van der Waals surface area contributed by atoms with Crippen molar-refractivity contribution >= 4 is 23.5 Å². The Labute approximate surface area is 125 Å². The molecule has 0 aromatic rings. The topological polar surface area (TPSA) is 52.6 Å². The molecule has 0 radical (unpaired) electrons. The third-order valence-corrected chi connectivity index (χ3v) is 2.97. The molecule has 0 aliphatic rings. The van der Waals surface area contributed by atoms with E-state index in [4.69, 9.17) is 21.1 Å². The molecule has 4 nitrogen and oxygen atoms in total. The van der Waals surface area contributed by atoms with Gasteiger partial charge in [-0.15, -0.1) is 6.58 Å². The summed E-state index contributed by atoms with van der Waals surface area (Å²) >= 11 is 5.83. The maximum absolute atomic E-state index is 12.3. The fraction of sp³-hybridized carbons (Fsp3) is 0.600. The zero-order chi connectivity index (χ0) is 15.6. The van der Waals surface area contributed by atoms with E-state index in [0.29, 0.717) is 19.3 Å². The second-order valence-corrected chi connectivity index (χ2v) is 4.93. The second kappa shape index (κ2) is 9.59. The molecule has 0 spiro atoms. The van der Waals surface area contributed by atoms with Gasteiger partial charge in [-0.05, 0) is 33.1 Å². The summed E-state index contributed by atoms with van der Waals surface area (Å²) in [5, 5.41) is 0.227. The van der Waals surface area contributed by atoms with Gasteiger partial charge in [-0.25, -0.2) is 0 Å². The summed E-state index contributed by atoms with van der Waals surface area (Å²) in [6.45, 7) is 11.0. The Balaban J connectivity index is 5.36. The number of unbranched alkanes of at least 4 members (excludes halogenated alkanes) is 1. The van der Waals surface area contributed by atoms with Crippen LogP contribution in [0, 0.1) is 5.41 Å². The van der Waals surface area contributed by atoms with Gasteiger partial charge in [-0.2, -0.15) is 0 Å². The Morgan fingerprint density at radius 1 is 1.20 bits per heavy atom. The summed E-state index contributed by atoms with van der Waals surface area (Å²) in [6.07, 6.45) is 3.35. The van der Waals surface area contributed by atoms with Crippen molar-refractivity contribution in [2.24, 2.45) is 5.41 Å². The van der Waals surface area contributed by atoms with Crippen LogP contribution < -0.4 is 0 Å². The van der Waals surface area contributed by atoms with Crippen LogP contribution in [0.4, 0.5) is 0 Å². The average Bonchev–Trinajstić information content (AvgIpc) is 2.37. The number of halogens is 1. The van der Waals surface area contributed by atoms with Crippen molar-refractivity contribution in [3.63, 3.8) is 0 Å². The first-order valence-corrected chi connectivity index (χ1v) is 7.11. The first-order valence-electron chi connectivity index (χ1n) is 6.73. The van der Waals surface area contributed by atoms with Crippen LogP contribution in [0.25, 0.3) is 0 Å². The zero-order valence-electron chi connectivity index (χ0n) is 12.2. The molecule has 0 aliphatic heterocycles. The molecule has 0 atom stereocenters. The maximum Gasteiger partial charge on any atom is 0.323 e. The third-order valence-electron chi connectivity index (χ3n) is 2.84. The SMILES string of the molecule is C=CCCCC(CC(=C)Cl)(C(=O)OCC)C(=O)OCC. The molecule has 0 aliphatic carbocycles. The minimum atomic E-state index is -1.41. The van der Waals surface area contributed by atoms with Crippen LogP contribution in [0.2, 0.25) is 0 Å². The van der Waals surface area contributed by atoms with Gasteiger partial charge < -0.3 is 9.47 Å². The highest BCUT2D eigenvalue weighted by Gasteiger charge is 2.48. The van der Waals surface area contributed by atoms with Crippen molar-refractivity contribution in [1.29, 1.82) is 0 Å². The van der Waals surface area contributed by atoms with Gasteiger partial charge in [0.15, 0.2) is 5.41 Å². The van der Waals surface area contributed by atoms with E-state index in [1.807, 2.05) is 0 Å². The van der Waals surface area contributed by atoms with E-state index in [1.54, 1.807) is 19.9 Å². The van der Waals surface area contributed by atoms with Crippen molar-refractivity contribution < 1.29 is 19.1 Å². The van der Waals surface area contributed by atoms with Gasteiger partial charge in [0.05, 0.1) is 13.2 Å². The predicted octanol–water partition coefficient (Wildman–Crippen LogP) is 3.60. The lowest BCUT2D eigenvalue weighted by atomic mass is 9.79. The van der Waals surface area contributed by atoms with Crippen molar-refractivity contribution in [3.05, 3.63) is 24.3 Å². The van der Waals surface area contributed by atoms with Crippen molar-refractivity contribution in [2.75, 3.05) is 13.2 Å². The summed E-state index contributed by atoms with van der Waals surface area (Å²) in [5.74, 6) is -1.21. The van der Waals surface area contributed by atoms with E-state index in [9.17, 15) is 9.59 Å². The molecule has 20 heavy (non-hydrogen) atoms. The van der Waals surface area contributed by atoms with Gasteiger partial charge in [0, 0.05) is 11.5 Å². The van der Waals surface area contributed by atoms with Crippen LogP contribution in [-0.4, -0.2) is 25.2 Å². The van der Waals surface area contributed by atoms with Gasteiger partial charge in [0.2, 0.25) is 0 Å². The lowest BCUT2D eigenvalue weighted by Crippen LogP contribution is -2.42. The first-order chi connectivity index (χ1) is 9.44. The van der Waals surface area contributed by atoms with E-state index in [0.717, 1.165) is 0 Å². The monoisotopic (exact) mass is 302 g/mol. The minimum Gasteiger partial charge on any atom is -0.465 e. The highest BCUT2D eigenvalue weighted by molar-refractivity contribution is 6.29. The fourth-order valence-corrected chi connectivity index (χ4v) is 2.16. The van der Waals surface area contributed by atoms with E-state index in [1.165, 1.54) is 0 Å². The average molecular weight is 303 g/mol. The smallest absolute Gasteiger partial charge is 0.323 e. The van der Waals surface area contributed by atoms with Gasteiger partial charge in [-0.1, -0.05) is 24.3 Å². The van der Waals surface area contributed by atoms with Gasteiger partial charge in [0.1, 0.15) is 0 Å². The normalized spacial score (nSPS) is 10.8. The number of hydrogen-bond donors (Lipinski definition) is 0. The molecule has 0 unspecified atom stereocenters. The van der Waals surface area contributed by atoms with Gasteiger partial charge in [0.25, 0.3) is 0 Å². The van der Waals surface area contributed by atoms with Crippen LogP contribution in [0.3, 0.4) is 0 Å². The van der Waals surface area contributed by atoms with Crippen LogP contribution in [0.1, 0.15) is 39.5 Å². The Kier molecular flexibility index (Phi) is 8.97. The second-order valence-electron chi connectivity index (χ2n) is 4.40. The number of hydrogen-bond acceptors (Lipinski definition) is 4. The van der Waals surface area contributed by atoms with E-state index in [-0.39, 0.29) is 24.7 Å². The number of esters is 2. The number of rotatable bonds is 10. The lowest BCUT2D eigenvalue weighted by Gasteiger charge is -2.28. The summed E-state index contributed by atoms with van der Waals surface area (Å²) in [7, 11) is 0. The molecule has 0 heterocycles. The molecule has 114 valence electrons. The van der Waals surface area contributed by atoms with Gasteiger partial charge >= 0.3 is 11.9 Å².